The van der Waals surface area contributed by atoms with Crippen LogP contribution >= 0.6 is 0 Å². The Kier molecular flexibility index (Phi) is 4.02. The summed E-state index contributed by atoms with van der Waals surface area (Å²) in [4.78, 5) is 48.1. The molecule has 100 valence electrons. The van der Waals surface area contributed by atoms with Gasteiger partial charge in [0.15, 0.2) is 0 Å². The molecule has 1 saturated heterocycles. The first kappa shape index (κ1) is 14.8. The maximum Gasteiger partial charge on any atom is 0.262 e. The van der Waals surface area contributed by atoms with Gasteiger partial charge in [0.05, 0.1) is 11.1 Å². The van der Waals surface area contributed by atoms with Gasteiger partial charge in [-0.1, -0.05) is 12.1 Å². The molecular formula is C13H10N2O4Pb. The van der Waals surface area contributed by atoms with E-state index in [9.17, 15) is 19.2 Å². The Hall–Kier alpha value is -1.58. The molecule has 0 spiro atoms. The molecule has 20 heavy (non-hydrogen) atoms. The van der Waals surface area contributed by atoms with Gasteiger partial charge in [-0.2, -0.15) is 0 Å². The summed E-state index contributed by atoms with van der Waals surface area (Å²) in [5, 5.41) is 2.15. The van der Waals surface area contributed by atoms with Crippen molar-refractivity contribution in [1.29, 1.82) is 0 Å². The number of imide groups is 2. The van der Waals surface area contributed by atoms with Gasteiger partial charge in [0, 0.05) is 33.7 Å². The van der Waals surface area contributed by atoms with E-state index < -0.39 is 23.8 Å². The maximum absolute atomic E-state index is 12.2. The number of carbonyl (C=O) groups excluding carboxylic acids is 4. The normalized spacial score (nSPS) is 21.4. The number of rotatable bonds is 1. The Morgan fingerprint density at radius 3 is 2.05 bits per heavy atom. The van der Waals surface area contributed by atoms with Crippen molar-refractivity contribution in [2.75, 3.05) is 0 Å². The first-order chi connectivity index (χ1) is 9.09. The van der Waals surface area contributed by atoms with Crippen LogP contribution in [0.15, 0.2) is 24.3 Å². The molecule has 4 amide bonds. The van der Waals surface area contributed by atoms with Crippen LogP contribution in [0.5, 0.6) is 0 Å². The average molecular weight is 465 g/mol. The zero-order valence-corrected chi connectivity index (χ0v) is 14.3. The fourth-order valence-electron chi connectivity index (χ4n) is 2.42. The van der Waals surface area contributed by atoms with Gasteiger partial charge < -0.3 is 0 Å². The summed E-state index contributed by atoms with van der Waals surface area (Å²) in [6.07, 6.45) is 0.306. The van der Waals surface area contributed by atoms with Gasteiger partial charge in [-0.25, -0.2) is 0 Å². The van der Waals surface area contributed by atoms with Crippen LogP contribution in [0.2, 0.25) is 0 Å². The van der Waals surface area contributed by atoms with Crippen LogP contribution < -0.4 is 5.32 Å². The largest absolute Gasteiger partial charge is 0.295 e. The van der Waals surface area contributed by atoms with Crippen molar-refractivity contribution in [2.45, 2.75) is 18.9 Å². The molecule has 1 N–H and O–H groups in total. The zero-order chi connectivity index (χ0) is 13.6. The molecule has 2 heterocycles. The van der Waals surface area contributed by atoms with E-state index in [-0.39, 0.29) is 46.0 Å². The summed E-state index contributed by atoms with van der Waals surface area (Å²) in [6.45, 7) is 0. The first-order valence-corrected chi connectivity index (χ1v) is 5.90. The number of hydrogen-bond donors (Lipinski definition) is 1. The van der Waals surface area contributed by atoms with Crippen molar-refractivity contribution < 1.29 is 19.2 Å². The number of hydrogen-bond acceptors (Lipinski definition) is 4. The zero-order valence-electron chi connectivity index (χ0n) is 10.4. The molecule has 2 aliphatic heterocycles. The van der Waals surface area contributed by atoms with Crippen LogP contribution in [0.25, 0.3) is 0 Å². The predicted molar refractivity (Wildman–Crippen MR) is 68.9 cm³/mol. The van der Waals surface area contributed by atoms with Gasteiger partial charge in [-0.3, -0.25) is 29.4 Å². The van der Waals surface area contributed by atoms with Crippen LogP contribution in [0.4, 0.5) is 0 Å². The number of amides is 4. The van der Waals surface area contributed by atoms with E-state index in [4.69, 9.17) is 0 Å². The minimum absolute atomic E-state index is 0. The van der Waals surface area contributed by atoms with Gasteiger partial charge >= 0.3 is 0 Å². The van der Waals surface area contributed by atoms with Crippen LogP contribution in [0.1, 0.15) is 33.6 Å². The summed E-state index contributed by atoms with van der Waals surface area (Å²) < 4.78 is 0. The molecule has 2 aliphatic rings. The summed E-state index contributed by atoms with van der Waals surface area (Å²) in [5.74, 6) is -1.92. The van der Waals surface area contributed by atoms with Crippen molar-refractivity contribution in [2.24, 2.45) is 0 Å². The minimum Gasteiger partial charge on any atom is -0.295 e. The molecule has 1 aromatic rings. The molecular weight excluding hydrogens is 455 g/mol. The third-order valence-corrected chi connectivity index (χ3v) is 3.35. The second-order valence-electron chi connectivity index (χ2n) is 4.49. The van der Waals surface area contributed by atoms with Crippen molar-refractivity contribution >= 4 is 50.9 Å². The molecule has 3 rings (SSSR count). The maximum atomic E-state index is 12.2. The Morgan fingerprint density at radius 2 is 1.55 bits per heavy atom. The van der Waals surface area contributed by atoms with Crippen LogP contribution in [0.3, 0.4) is 0 Å². The van der Waals surface area contributed by atoms with Gasteiger partial charge in [0.2, 0.25) is 11.8 Å². The van der Waals surface area contributed by atoms with Gasteiger partial charge in [-0.15, -0.1) is 0 Å². The van der Waals surface area contributed by atoms with Gasteiger partial charge in [0.25, 0.3) is 11.8 Å². The van der Waals surface area contributed by atoms with E-state index >= 15 is 0 Å². The Balaban J connectivity index is 0.00000147. The fraction of sp³-hybridized carbons (Fsp3) is 0.231. The molecule has 0 bridgehead atoms. The van der Waals surface area contributed by atoms with E-state index in [1.807, 2.05) is 0 Å². The topological polar surface area (TPSA) is 83.6 Å². The second-order valence-corrected chi connectivity index (χ2v) is 4.49. The Labute approximate surface area is 134 Å². The van der Waals surface area contributed by atoms with Crippen molar-refractivity contribution in [3.05, 3.63) is 35.4 Å². The summed E-state index contributed by atoms with van der Waals surface area (Å²) in [6, 6.07) is 5.55. The standard InChI is InChI=1S/C13H10N2O4.Pb/c16-10-6-5-9(11(17)14-10)15-12(18)7-3-1-2-4-8(7)13(15)19;/h1-4,9H,5-6H2,(H,14,16,17);. The number of nitrogens with one attached hydrogen (secondary N) is 1. The molecule has 0 aromatic heterocycles. The minimum atomic E-state index is -0.898. The summed E-state index contributed by atoms with van der Waals surface area (Å²) in [7, 11) is 0. The van der Waals surface area contributed by atoms with E-state index in [1.54, 1.807) is 24.3 Å². The summed E-state index contributed by atoms with van der Waals surface area (Å²) >= 11 is 0. The third kappa shape index (κ3) is 2.17. The Morgan fingerprint density at radius 1 is 1.00 bits per heavy atom. The van der Waals surface area contributed by atoms with Crippen molar-refractivity contribution in [1.82, 2.24) is 10.2 Å². The molecule has 4 radical (unpaired) electrons. The quantitative estimate of drug-likeness (QED) is 0.457. The average Bonchev–Trinajstić information content (AvgIpc) is 2.64. The second kappa shape index (κ2) is 5.43. The van der Waals surface area contributed by atoms with Crippen LogP contribution in [0, 0.1) is 0 Å². The van der Waals surface area contributed by atoms with Crippen LogP contribution in [-0.2, 0) is 9.59 Å². The van der Waals surface area contributed by atoms with E-state index in [0.29, 0.717) is 11.1 Å². The molecule has 1 aromatic carbocycles. The third-order valence-electron chi connectivity index (χ3n) is 3.35. The molecule has 1 unspecified atom stereocenters. The Bertz CT molecular complexity index is 594. The van der Waals surface area contributed by atoms with Crippen LogP contribution in [-0.4, -0.2) is 61.9 Å². The molecule has 6 nitrogen and oxygen atoms in total. The van der Waals surface area contributed by atoms with Gasteiger partial charge in [-0.05, 0) is 18.6 Å². The molecule has 0 aliphatic carbocycles. The number of nitrogens with zero attached hydrogens (tertiary/aromatic N) is 1. The van der Waals surface area contributed by atoms with Gasteiger partial charge in [0.1, 0.15) is 6.04 Å². The number of piperidine rings is 1. The fourth-order valence-corrected chi connectivity index (χ4v) is 2.42. The first-order valence-electron chi connectivity index (χ1n) is 5.90. The van der Waals surface area contributed by atoms with E-state index in [2.05, 4.69) is 5.32 Å². The van der Waals surface area contributed by atoms with Crippen molar-refractivity contribution in [3.8, 4) is 0 Å². The number of carbonyl (C=O) groups is 4. The van der Waals surface area contributed by atoms with E-state index in [0.717, 1.165) is 4.90 Å². The number of fused-ring (bicyclic) bond motifs is 1. The predicted octanol–water partition coefficient (Wildman–Crippen LogP) is -0.293. The molecule has 1 atom stereocenters. The summed E-state index contributed by atoms with van der Waals surface area (Å²) in [5.41, 5.74) is 0.606. The number of benzene rings is 1. The van der Waals surface area contributed by atoms with Crippen molar-refractivity contribution in [3.63, 3.8) is 0 Å². The molecule has 0 saturated carbocycles. The monoisotopic (exact) mass is 466 g/mol. The molecule has 7 heteroatoms. The SMILES string of the molecule is O=C1CCC(N2C(=O)c3ccccc3C2=O)C(=O)N1.[Pb]. The molecule has 1 fully saturated rings. The smallest absolute Gasteiger partial charge is 0.262 e. The van der Waals surface area contributed by atoms with E-state index in [1.165, 1.54) is 0 Å².